The second kappa shape index (κ2) is 4.80. The van der Waals surface area contributed by atoms with Crippen molar-refractivity contribution in [3.8, 4) is 0 Å². The summed E-state index contributed by atoms with van der Waals surface area (Å²) in [5.41, 5.74) is 4.15. The molecule has 18 heavy (non-hydrogen) atoms. The molecule has 0 aromatic heterocycles. The Morgan fingerprint density at radius 1 is 1.28 bits per heavy atom. The van der Waals surface area contributed by atoms with Gasteiger partial charge in [-0.2, -0.15) is 0 Å². The zero-order valence-electron chi connectivity index (χ0n) is 11.0. The average Bonchev–Trinajstić information content (AvgIpc) is 2.70. The van der Waals surface area contributed by atoms with Crippen LogP contribution in [0.1, 0.15) is 23.1 Å². The summed E-state index contributed by atoms with van der Waals surface area (Å²) in [5.74, 6) is -0.381. The first-order valence-electron chi connectivity index (χ1n) is 6.13. The van der Waals surface area contributed by atoms with E-state index in [1.807, 2.05) is 32.9 Å². The van der Waals surface area contributed by atoms with Crippen molar-refractivity contribution in [2.45, 2.75) is 27.2 Å². The molecule has 1 aliphatic rings. The molecule has 4 nitrogen and oxygen atoms in total. The maximum atomic E-state index is 12.0. The van der Waals surface area contributed by atoms with E-state index in [4.69, 9.17) is 0 Å². The van der Waals surface area contributed by atoms with Crippen LogP contribution in [0.5, 0.6) is 0 Å². The van der Waals surface area contributed by atoms with Crippen LogP contribution in [-0.2, 0) is 9.59 Å². The van der Waals surface area contributed by atoms with Crippen LogP contribution in [0.15, 0.2) is 12.1 Å². The van der Waals surface area contributed by atoms with E-state index in [-0.39, 0.29) is 24.2 Å². The summed E-state index contributed by atoms with van der Waals surface area (Å²) in [5, 5.41) is 5.61. The van der Waals surface area contributed by atoms with E-state index < -0.39 is 0 Å². The summed E-state index contributed by atoms with van der Waals surface area (Å²) in [6, 6.07) is 4.08. The number of aryl methyl sites for hydroxylation is 3. The number of carbonyl (C=O) groups excluding carboxylic acids is 2. The second-order valence-electron chi connectivity index (χ2n) is 4.97. The van der Waals surface area contributed by atoms with Gasteiger partial charge in [-0.1, -0.05) is 17.7 Å². The van der Waals surface area contributed by atoms with Crippen LogP contribution in [0.3, 0.4) is 0 Å². The van der Waals surface area contributed by atoms with E-state index in [1.54, 1.807) is 0 Å². The Bertz CT molecular complexity index is 486. The number of nitrogens with one attached hydrogen (secondary N) is 2. The Labute approximate surface area is 107 Å². The number of anilines is 1. The first-order chi connectivity index (χ1) is 8.47. The largest absolute Gasteiger partial charge is 0.355 e. The lowest BCUT2D eigenvalue weighted by atomic mass is 10.0. The molecule has 2 N–H and O–H groups in total. The van der Waals surface area contributed by atoms with Crippen molar-refractivity contribution >= 4 is 17.5 Å². The minimum absolute atomic E-state index is 0.0486. The van der Waals surface area contributed by atoms with E-state index in [0.717, 1.165) is 16.8 Å². The van der Waals surface area contributed by atoms with Gasteiger partial charge in [0.2, 0.25) is 11.8 Å². The molecule has 0 bridgehead atoms. The smallest absolute Gasteiger partial charge is 0.229 e. The molecule has 1 aliphatic heterocycles. The highest BCUT2D eigenvalue weighted by atomic mass is 16.2. The molecule has 1 unspecified atom stereocenters. The van der Waals surface area contributed by atoms with E-state index in [1.165, 1.54) is 5.56 Å². The summed E-state index contributed by atoms with van der Waals surface area (Å²) in [6.45, 7) is 6.43. The molecular formula is C14H18N2O2. The lowest BCUT2D eigenvalue weighted by molar-refractivity contribution is -0.123. The molecule has 1 saturated heterocycles. The third-order valence-electron chi connectivity index (χ3n) is 3.27. The highest BCUT2D eigenvalue weighted by Crippen LogP contribution is 2.23. The molecule has 1 heterocycles. The third kappa shape index (κ3) is 2.53. The number of amides is 2. The van der Waals surface area contributed by atoms with Crippen molar-refractivity contribution in [2.24, 2.45) is 5.92 Å². The topological polar surface area (TPSA) is 58.2 Å². The van der Waals surface area contributed by atoms with Crippen LogP contribution in [-0.4, -0.2) is 18.4 Å². The van der Waals surface area contributed by atoms with E-state index in [2.05, 4.69) is 10.6 Å². The zero-order valence-corrected chi connectivity index (χ0v) is 11.0. The molecule has 4 heteroatoms. The van der Waals surface area contributed by atoms with Gasteiger partial charge in [0.1, 0.15) is 0 Å². The van der Waals surface area contributed by atoms with Crippen LogP contribution >= 0.6 is 0 Å². The van der Waals surface area contributed by atoms with Gasteiger partial charge in [-0.15, -0.1) is 0 Å². The molecule has 2 amide bonds. The fourth-order valence-electron chi connectivity index (χ4n) is 2.39. The highest BCUT2D eigenvalue weighted by Gasteiger charge is 2.28. The molecule has 0 aliphatic carbocycles. The average molecular weight is 246 g/mol. The standard InChI is InChI=1S/C14H18N2O2/c1-8-4-9(2)13(10(3)5-8)16-14(18)11-6-12(17)15-7-11/h4-5,11H,6-7H2,1-3H3,(H,15,17)(H,16,18). The van der Waals surface area contributed by atoms with Crippen molar-refractivity contribution < 1.29 is 9.59 Å². The minimum Gasteiger partial charge on any atom is -0.355 e. The molecule has 1 fully saturated rings. The second-order valence-corrected chi connectivity index (χ2v) is 4.97. The predicted octanol–water partition coefficient (Wildman–Crippen LogP) is 1.69. The Kier molecular flexibility index (Phi) is 3.36. The maximum absolute atomic E-state index is 12.0. The van der Waals surface area contributed by atoms with Crippen molar-refractivity contribution in [3.63, 3.8) is 0 Å². The zero-order chi connectivity index (χ0) is 13.3. The minimum atomic E-state index is -0.252. The van der Waals surface area contributed by atoms with Gasteiger partial charge in [-0.3, -0.25) is 9.59 Å². The Hall–Kier alpha value is -1.84. The summed E-state index contributed by atoms with van der Waals surface area (Å²) < 4.78 is 0. The maximum Gasteiger partial charge on any atom is 0.229 e. The van der Waals surface area contributed by atoms with Gasteiger partial charge < -0.3 is 10.6 Å². The van der Waals surface area contributed by atoms with Gasteiger partial charge in [-0.25, -0.2) is 0 Å². The fourth-order valence-corrected chi connectivity index (χ4v) is 2.39. The molecule has 0 spiro atoms. The molecule has 2 rings (SSSR count). The summed E-state index contributed by atoms with van der Waals surface area (Å²) in [7, 11) is 0. The van der Waals surface area contributed by atoms with Crippen LogP contribution in [0, 0.1) is 26.7 Å². The monoisotopic (exact) mass is 246 g/mol. The van der Waals surface area contributed by atoms with Gasteiger partial charge in [0.05, 0.1) is 5.92 Å². The molecule has 0 saturated carbocycles. The summed E-state index contributed by atoms with van der Waals surface area (Å²) in [6.07, 6.45) is 0.287. The predicted molar refractivity (Wildman–Crippen MR) is 70.4 cm³/mol. The number of rotatable bonds is 2. The van der Waals surface area contributed by atoms with Crippen LogP contribution in [0.25, 0.3) is 0 Å². The third-order valence-corrected chi connectivity index (χ3v) is 3.27. The first kappa shape index (κ1) is 12.6. The first-order valence-corrected chi connectivity index (χ1v) is 6.13. The number of hydrogen-bond acceptors (Lipinski definition) is 2. The number of carbonyl (C=O) groups is 2. The van der Waals surface area contributed by atoms with Gasteiger partial charge in [0.15, 0.2) is 0 Å². The SMILES string of the molecule is Cc1cc(C)c(NC(=O)C2CNC(=O)C2)c(C)c1. The van der Waals surface area contributed by atoms with E-state index in [0.29, 0.717) is 6.54 Å². The normalized spacial score (nSPS) is 18.6. The number of hydrogen-bond donors (Lipinski definition) is 2. The molecule has 1 atom stereocenters. The van der Waals surface area contributed by atoms with E-state index in [9.17, 15) is 9.59 Å². The Morgan fingerprint density at radius 3 is 2.39 bits per heavy atom. The van der Waals surface area contributed by atoms with Crippen molar-refractivity contribution in [2.75, 3.05) is 11.9 Å². The summed E-state index contributed by atoms with van der Waals surface area (Å²) >= 11 is 0. The Balaban J connectivity index is 2.14. The van der Waals surface area contributed by atoms with Gasteiger partial charge in [0.25, 0.3) is 0 Å². The lowest BCUT2D eigenvalue weighted by Crippen LogP contribution is -2.25. The highest BCUT2D eigenvalue weighted by molar-refractivity contribution is 5.98. The van der Waals surface area contributed by atoms with Crippen LogP contribution in [0.2, 0.25) is 0 Å². The van der Waals surface area contributed by atoms with E-state index >= 15 is 0 Å². The molecule has 1 aromatic carbocycles. The Morgan fingerprint density at radius 2 is 1.89 bits per heavy atom. The van der Waals surface area contributed by atoms with Gasteiger partial charge in [0, 0.05) is 18.7 Å². The van der Waals surface area contributed by atoms with Gasteiger partial charge in [-0.05, 0) is 31.9 Å². The lowest BCUT2D eigenvalue weighted by Gasteiger charge is -2.14. The molecule has 96 valence electrons. The summed E-state index contributed by atoms with van der Waals surface area (Å²) in [4.78, 5) is 23.1. The quantitative estimate of drug-likeness (QED) is 0.834. The van der Waals surface area contributed by atoms with Gasteiger partial charge >= 0.3 is 0 Å². The van der Waals surface area contributed by atoms with Crippen molar-refractivity contribution in [1.29, 1.82) is 0 Å². The van der Waals surface area contributed by atoms with Crippen molar-refractivity contribution in [1.82, 2.24) is 5.32 Å². The van der Waals surface area contributed by atoms with Crippen LogP contribution in [0.4, 0.5) is 5.69 Å². The molecule has 0 radical (unpaired) electrons. The number of benzene rings is 1. The van der Waals surface area contributed by atoms with Crippen molar-refractivity contribution in [3.05, 3.63) is 28.8 Å². The van der Waals surface area contributed by atoms with Crippen LogP contribution < -0.4 is 10.6 Å². The molecule has 1 aromatic rings. The fraction of sp³-hybridized carbons (Fsp3) is 0.429. The molecular weight excluding hydrogens is 228 g/mol.